The van der Waals surface area contributed by atoms with E-state index in [-0.39, 0.29) is 0 Å². The van der Waals surface area contributed by atoms with E-state index in [1.165, 1.54) is 24.1 Å². The zero-order valence-corrected chi connectivity index (χ0v) is 9.05. The molecule has 2 nitrogen and oxygen atoms in total. The Balaban J connectivity index is 2.38. The van der Waals surface area contributed by atoms with Gasteiger partial charge in [0.25, 0.3) is 0 Å². The summed E-state index contributed by atoms with van der Waals surface area (Å²) in [5.74, 6) is 0. The lowest BCUT2D eigenvalue weighted by Gasteiger charge is -2.06. The Morgan fingerprint density at radius 1 is 1.21 bits per heavy atom. The summed E-state index contributed by atoms with van der Waals surface area (Å²) in [6, 6.07) is 8.39. The summed E-state index contributed by atoms with van der Waals surface area (Å²) in [6.45, 7) is 3.94. The summed E-state index contributed by atoms with van der Waals surface area (Å²) in [5, 5.41) is 3.37. The molecule has 1 rings (SSSR count). The first-order valence-corrected chi connectivity index (χ1v) is 5.18. The number of rotatable bonds is 6. The molecule has 78 valence electrons. The summed E-state index contributed by atoms with van der Waals surface area (Å²) >= 11 is 0. The van der Waals surface area contributed by atoms with Gasteiger partial charge in [-0.05, 0) is 24.1 Å². The average Bonchev–Trinajstić information content (AvgIpc) is 2.21. The lowest BCUT2D eigenvalue weighted by atomic mass is 10.2. The molecule has 0 spiro atoms. The van der Waals surface area contributed by atoms with Gasteiger partial charge in [0.15, 0.2) is 0 Å². The number of anilines is 1. The highest BCUT2D eigenvalue weighted by Gasteiger charge is 1.93. The molecule has 0 atom stereocenters. The molecule has 2 heteroatoms. The van der Waals surface area contributed by atoms with Crippen molar-refractivity contribution in [2.75, 3.05) is 19.0 Å². The molecule has 0 unspecified atom stereocenters. The maximum atomic E-state index is 5.05. The van der Waals surface area contributed by atoms with E-state index >= 15 is 0 Å². The predicted molar refractivity (Wildman–Crippen MR) is 60.6 cm³/mol. The molecule has 0 bridgehead atoms. The van der Waals surface area contributed by atoms with E-state index in [0.717, 1.165) is 6.54 Å². The second-order valence-corrected chi connectivity index (χ2v) is 3.41. The quantitative estimate of drug-likeness (QED) is 0.701. The molecule has 0 radical (unpaired) electrons. The van der Waals surface area contributed by atoms with Crippen LogP contribution in [0.4, 0.5) is 5.69 Å². The van der Waals surface area contributed by atoms with Gasteiger partial charge in [0.05, 0.1) is 6.61 Å². The minimum absolute atomic E-state index is 0.690. The lowest BCUT2D eigenvalue weighted by molar-refractivity contribution is 0.185. The number of hydrogen-bond donors (Lipinski definition) is 1. The molecule has 0 aliphatic carbocycles. The molecule has 0 aliphatic heterocycles. The Labute approximate surface area is 86.3 Å². The monoisotopic (exact) mass is 193 g/mol. The van der Waals surface area contributed by atoms with Crippen LogP contribution < -0.4 is 5.32 Å². The van der Waals surface area contributed by atoms with E-state index < -0.39 is 0 Å². The number of unbranched alkanes of at least 4 members (excludes halogenated alkanes) is 1. The molecule has 0 aliphatic rings. The van der Waals surface area contributed by atoms with Crippen LogP contribution >= 0.6 is 0 Å². The standard InChI is InChI=1S/C12H19NO/c1-3-4-9-13-12-7-5-11(6-8-12)10-14-2/h5-8,13H,3-4,9-10H2,1-2H3. The first kappa shape index (κ1) is 11.1. The summed E-state index contributed by atoms with van der Waals surface area (Å²) in [6.07, 6.45) is 2.45. The van der Waals surface area contributed by atoms with E-state index in [9.17, 15) is 0 Å². The van der Waals surface area contributed by atoms with Crippen molar-refractivity contribution in [2.45, 2.75) is 26.4 Å². The van der Waals surface area contributed by atoms with Crippen LogP contribution in [-0.4, -0.2) is 13.7 Å². The summed E-state index contributed by atoms with van der Waals surface area (Å²) in [7, 11) is 1.72. The van der Waals surface area contributed by atoms with E-state index in [0.29, 0.717) is 6.61 Å². The molecule has 14 heavy (non-hydrogen) atoms. The van der Waals surface area contributed by atoms with Crippen molar-refractivity contribution in [2.24, 2.45) is 0 Å². The van der Waals surface area contributed by atoms with Gasteiger partial charge in [-0.2, -0.15) is 0 Å². The van der Waals surface area contributed by atoms with E-state index in [4.69, 9.17) is 4.74 Å². The van der Waals surface area contributed by atoms with E-state index in [1.807, 2.05) is 0 Å². The normalized spacial score (nSPS) is 10.1. The molecule has 0 saturated heterocycles. The van der Waals surface area contributed by atoms with E-state index in [1.54, 1.807) is 7.11 Å². The minimum Gasteiger partial charge on any atom is -0.385 e. The number of methoxy groups -OCH3 is 1. The Morgan fingerprint density at radius 3 is 2.50 bits per heavy atom. The van der Waals surface area contributed by atoms with Gasteiger partial charge >= 0.3 is 0 Å². The van der Waals surface area contributed by atoms with Crippen LogP contribution in [0, 0.1) is 0 Å². The first-order valence-electron chi connectivity index (χ1n) is 5.18. The van der Waals surface area contributed by atoms with Crippen molar-refractivity contribution in [3.05, 3.63) is 29.8 Å². The highest BCUT2D eigenvalue weighted by Crippen LogP contribution is 2.10. The van der Waals surface area contributed by atoms with Gasteiger partial charge in [-0.1, -0.05) is 25.5 Å². The number of hydrogen-bond acceptors (Lipinski definition) is 2. The van der Waals surface area contributed by atoms with Crippen LogP contribution in [-0.2, 0) is 11.3 Å². The van der Waals surface area contributed by atoms with Gasteiger partial charge in [-0.25, -0.2) is 0 Å². The lowest BCUT2D eigenvalue weighted by Crippen LogP contribution is -2.00. The molecule has 0 heterocycles. The SMILES string of the molecule is CCCCNc1ccc(COC)cc1. The van der Waals surface area contributed by atoms with Gasteiger partial charge < -0.3 is 10.1 Å². The summed E-state index contributed by atoms with van der Waals surface area (Å²) in [4.78, 5) is 0. The molecule has 1 aromatic carbocycles. The maximum Gasteiger partial charge on any atom is 0.0713 e. The van der Waals surface area contributed by atoms with Crippen molar-refractivity contribution >= 4 is 5.69 Å². The maximum absolute atomic E-state index is 5.05. The summed E-state index contributed by atoms with van der Waals surface area (Å²) in [5.41, 5.74) is 2.41. The third kappa shape index (κ3) is 3.79. The fourth-order valence-electron chi connectivity index (χ4n) is 1.29. The van der Waals surface area contributed by atoms with Crippen LogP contribution in [0.5, 0.6) is 0 Å². The number of nitrogens with one attached hydrogen (secondary N) is 1. The fourth-order valence-corrected chi connectivity index (χ4v) is 1.29. The Hall–Kier alpha value is -1.02. The molecule has 1 N–H and O–H groups in total. The van der Waals surface area contributed by atoms with Gasteiger partial charge in [-0.15, -0.1) is 0 Å². The molecule has 0 amide bonds. The predicted octanol–water partition coefficient (Wildman–Crippen LogP) is 3.05. The van der Waals surface area contributed by atoms with Crippen molar-refractivity contribution < 1.29 is 4.74 Å². The van der Waals surface area contributed by atoms with Crippen LogP contribution in [0.15, 0.2) is 24.3 Å². The van der Waals surface area contributed by atoms with Gasteiger partial charge in [0.2, 0.25) is 0 Å². The number of ether oxygens (including phenoxy) is 1. The zero-order chi connectivity index (χ0) is 10.2. The van der Waals surface area contributed by atoms with Crippen molar-refractivity contribution in [1.29, 1.82) is 0 Å². The third-order valence-electron chi connectivity index (χ3n) is 2.12. The topological polar surface area (TPSA) is 21.3 Å². The Kier molecular flexibility index (Phi) is 5.08. The summed E-state index contributed by atoms with van der Waals surface area (Å²) < 4.78 is 5.05. The molecule has 0 fully saturated rings. The van der Waals surface area contributed by atoms with E-state index in [2.05, 4.69) is 36.5 Å². The molecular weight excluding hydrogens is 174 g/mol. The first-order chi connectivity index (χ1) is 6.86. The van der Waals surface area contributed by atoms with Crippen LogP contribution in [0.1, 0.15) is 25.3 Å². The second-order valence-electron chi connectivity index (χ2n) is 3.41. The van der Waals surface area contributed by atoms with Gasteiger partial charge in [-0.3, -0.25) is 0 Å². The third-order valence-corrected chi connectivity index (χ3v) is 2.12. The smallest absolute Gasteiger partial charge is 0.0713 e. The average molecular weight is 193 g/mol. The van der Waals surface area contributed by atoms with Crippen molar-refractivity contribution in [3.63, 3.8) is 0 Å². The van der Waals surface area contributed by atoms with Crippen molar-refractivity contribution in [3.8, 4) is 0 Å². The van der Waals surface area contributed by atoms with Crippen molar-refractivity contribution in [1.82, 2.24) is 0 Å². The Morgan fingerprint density at radius 2 is 1.93 bits per heavy atom. The van der Waals surface area contributed by atoms with Gasteiger partial charge in [0, 0.05) is 19.3 Å². The second kappa shape index (κ2) is 6.44. The molecular formula is C12H19NO. The highest BCUT2D eigenvalue weighted by molar-refractivity contribution is 5.44. The number of benzene rings is 1. The zero-order valence-electron chi connectivity index (χ0n) is 9.05. The Bertz CT molecular complexity index is 243. The minimum atomic E-state index is 0.690. The van der Waals surface area contributed by atoms with Gasteiger partial charge in [0.1, 0.15) is 0 Å². The fraction of sp³-hybridized carbons (Fsp3) is 0.500. The molecule has 1 aromatic rings. The largest absolute Gasteiger partial charge is 0.385 e. The van der Waals surface area contributed by atoms with Crippen LogP contribution in [0.3, 0.4) is 0 Å². The van der Waals surface area contributed by atoms with Crippen LogP contribution in [0.25, 0.3) is 0 Å². The highest BCUT2D eigenvalue weighted by atomic mass is 16.5. The van der Waals surface area contributed by atoms with Crippen LogP contribution in [0.2, 0.25) is 0 Å². The molecule has 0 aromatic heterocycles. The molecule has 0 saturated carbocycles.